The molecular formula is C15H19BrF3NO2. The fourth-order valence-corrected chi connectivity index (χ4v) is 2.10. The summed E-state index contributed by atoms with van der Waals surface area (Å²) >= 11 is 3.57. The molecule has 0 saturated carbocycles. The molecule has 0 bridgehead atoms. The summed E-state index contributed by atoms with van der Waals surface area (Å²) in [6, 6.07) is 4.78. The molecule has 0 radical (unpaired) electrons. The van der Waals surface area contributed by atoms with Gasteiger partial charge in [-0.1, -0.05) is 35.8 Å². The molecule has 124 valence electrons. The molecule has 1 amide bonds. The normalized spacial score (nSPS) is 13.1. The van der Waals surface area contributed by atoms with Gasteiger partial charge >= 0.3 is 12.1 Å². The number of hydrogen-bond donors (Lipinski definition) is 1. The monoisotopic (exact) mass is 381 g/mol. The van der Waals surface area contributed by atoms with Crippen LogP contribution in [0.2, 0.25) is 0 Å². The highest BCUT2D eigenvalue weighted by Crippen LogP contribution is 2.30. The van der Waals surface area contributed by atoms with Crippen LogP contribution < -0.4 is 10.1 Å². The van der Waals surface area contributed by atoms with Gasteiger partial charge in [-0.3, -0.25) is 4.79 Å². The topological polar surface area (TPSA) is 38.3 Å². The lowest BCUT2D eigenvalue weighted by atomic mass is 10.0. The third-order valence-corrected chi connectivity index (χ3v) is 4.39. The zero-order valence-corrected chi connectivity index (χ0v) is 14.2. The van der Waals surface area contributed by atoms with Crippen molar-refractivity contribution >= 4 is 27.5 Å². The Kier molecular flexibility index (Phi) is 6.71. The number of hydrogen-bond acceptors (Lipinski definition) is 2. The van der Waals surface area contributed by atoms with Crippen molar-refractivity contribution in [1.29, 1.82) is 0 Å². The molecule has 1 aromatic rings. The standard InChI is InChI=1S/C15H19BrF3NO2/c1-4-22-13-8-10(7-11(16)9(2)3)5-6-12(13)20-14(21)15(17,18)19/h5-6,8-9,11H,4,7H2,1-3H3,(H,20,21). The quantitative estimate of drug-likeness (QED) is 0.734. The Hall–Kier alpha value is -1.24. The van der Waals surface area contributed by atoms with E-state index in [2.05, 4.69) is 29.8 Å². The molecule has 0 fully saturated rings. The lowest BCUT2D eigenvalue weighted by molar-refractivity contribution is -0.167. The second-order valence-electron chi connectivity index (χ2n) is 5.18. The first-order valence-electron chi connectivity index (χ1n) is 6.93. The third kappa shape index (κ3) is 5.51. The van der Waals surface area contributed by atoms with Gasteiger partial charge in [-0.05, 0) is 37.0 Å². The highest BCUT2D eigenvalue weighted by molar-refractivity contribution is 9.09. The molecule has 1 N–H and O–H groups in total. The summed E-state index contributed by atoms with van der Waals surface area (Å²) in [7, 11) is 0. The van der Waals surface area contributed by atoms with E-state index in [4.69, 9.17) is 4.74 Å². The molecular weight excluding hydrogens is 363 g/mol. The van der Waals surface area contributed by atoms with E-state index < -0.39 is 12.1 Å². The molecule has 0 aliphatic carbocycles. The Morgan fingerprint density at radius 3 is 2.50 bits per heavy atom. The second kappa shape index (κ2) is 7.85. The van der Waals surface area contributed by atoms with Crippen molar-refractivity contribution in [1.82, 2.24) is 0 Å². The Labute approximate surface area is 136 Å². The molecule has 0 aromatic heterocycles. The van der Waals surface area contributed by atoms with Gasteiger partial charge in [0.1, 0.15) is 5.75 Å². The van der Waals surface area contributed by atoms with Crippen LogP contribution in [0.1, 0.15) is 26.3 Å². The van der Waals surface area contributed by atoms with Crippen molar-refractivity contribution in [2.75, 3.05) is 11.9 Å². The predicted molar refractivity (Wildman–Crippen MR) is 83.6 cm³/mol. The van der Waals surface area contributed by atoms with E-state index in [0.717, 1.165) is 5.56 Å². The molecule has 3 nitrogen and oxygen atoms in total. The molecule has 1 unspecified atom stereocenters. The Bertz CT molecular complexity index is 518. The zero-order valence-electron chi connectivity index (χ0n) is 12.6. The van der Waals surface area contributed by atoms with E-state index in [1.807, 2.05) is 5.32 Å². The van der Waals surface area contributed by atoms with Crippen LogP contribution in [0.15, 0.2) is 18.2 Å². The molecule has 1 atom stereocenters. The van der Waals surface area contributed by atoms with Crippen LogP contribution in [-0.2, 0) is 11.2 Å². The van der Waals surface area contributed by atoms with Gasteiger partial charge in [-0.15, -0.1) is 0 Å². The summed E-state index contributed by atoms with van der Waals surface area (Å²) in [6.07, 6.45) is -4.22. The minimum Gasteiger partial charge on any atom is -0.492 e. The Morgan fingerprint density at radius 1 is 1.36 bits per heavy atom. The average molecular weight is 382 g/mol. The molecule has 0 heterocycles. The fourth-order valence-electron chi connectivity index (χ4n) is 1.73. The number of carbonyl (C=O) groups is 1. The Morgan fingerprint density at radius 2 is 2.00 bits per heavy atom. The number of amides is 1. The predicted octanol–water partition coefficient (Wildman–Crippen LogP) is 4.55. The van der Waals surface area contributed by atoms with Crippen molar-refractivity contribution in [3.05, 3.63) is 23.8 Å². The zero-order chi connectivity index (χ0) is 16.9. The number of anilines is 1. The first-order chi connectivity index (χ1) is 10.1. The van der Waals surface area contributed by atoms with E-state index in [0.29, 0.717) is 18.9 Å². The van der Waals surface area contributed by atoms with Gasteiger partial charge < -0.3 is 10.1 Å². The lowest BCUT2D eigenvalue weighted by Gasteiger charge is -2.17. The van der Waals surface area contributed by atoms with Crippen LogP contribution in [0.4, 0.5) is 18.9 Å². The summed E-state index contributed by atoms with van der Waals surface area (Å²) in [4.78, 5) is 11.3. The maximum atomic E-state index is 12.3. The van der Waals surface area contributed by atoms with Crippen molar-refractivity contribution in [3.8, 4) is 5.75 Å². The maximum Gasteiger partial charge on any atom is 0.471 e. The number of ether oxygens (including phenoxy) is 1. The maximum absolute atomic E-state index is 12.3. The van der Waals surface area contributed by atoms with Crippen LogP contribution in [0, 0.1) is 5.92 Å². The SMILES string of the molecule is CCOc1cc(CC(Br)C(C)C)ccc1NC(=O)C(F)(F)F. The van der Waals surface area contributed by atoms with Crippen LogP contribution in [0.25, 0.3) is 0 Å². The van der Waals surface area contributed by atoms with E-state index in [9.17, 15) is 18.0 Å². The van der Waals surface area contributed by atoms with E-state index in [-0.39, 0.29) is 16.3 Å². The summed E-state index contributed by atoms with van der Waals surface area (Å²) in [5.41, 5.74) is 0.938. The second-order valence-corrected chi connectivity index (χ2v) is 6.36. The molecule has 0 aliphatic heterocycles. The van der Waals surface area contributed by atoms with Gasteiger partial charge in [0.05, 0.1) is 12.3 Å². The van der Waals surface area contributed by atoms with Gasteiger partial charge in [0, 0.05) is 4.83 Å². The van der Waals surface area contributed by atoms with Crippen LogP contribution in [0.5, 0.6) is 5.75 Å². The van der Waals surface area contributed by atoms with Crippen LogP contribution >= 0.6 is 15.9 Å². The van der Waals surface area contributed by atoms with E-state index in [1.165, 1.54) is 6.07 Å². The number of benzene rings is 1. The third-order valence-electron chi connectivity index (χ3n) is 3.01. The van der Waals surface area contributed by atoms with Crippen molar-refractivity contribution in [2.24, 2.45) is 5.92 Å². The molecule has 0 saturated heterocycles. The van der Waals surface area contributed by atoms with Crippen molar-refractivity contribution in [3.63, 3.8) is 0 Å². The highest BCUT2D eigenvalue weighted by Gasteiger charge is 2.39. The van der Waals surface area contributed by atoms with Gasteiger partial charge in [0.2, 0.25) is 0 Å². The number of carbonyl (C=O) groups excluding carboxylic acids is 1. The molecule has 7 heteroatoms. The molecule has 1 aromatic carbocycles. The summed E-state index contributed by atoms with van der Waals surface area (Å²) in [6.45, 7) is 6.16. The minimum absolute atomic E-state index is 0.0172. The molecule has 1 rings (SSSR count). The van der Waals surface area contributed by atoms with Gasteiger partial charge in [-0.2, -0.15) is 13.2 Å². The minimum atomic E-state index is -4.93. The van der Waals surface area contributed by atoms with Crippen molar-refractivity contribution < 1.29 is 22.7 Å². The molecule has 0 aliphatic rings. The largest absolute Gasteiger partial charge is 0.492 e. The van der Waals surface area contributed by atoms with Gasteiger partial charge in [0.25, 0.3) is 0 Å². The first-order valence-corrected chi connectivity index (χ1v) is 7.84. The summed E-state index contributed by atoms with van der Waals surface area (Å²) < 4.78 is 42.3. The van der Waals surface area contributed by atoms with Gasteiger partial charge in [0.15, 0.2) is 0 Å². The lowest BCUT2D eigenvalue weighted by Crippen LogP contribution is -2.30. The number of alkyl halides is 4. The fraction of sp³-hybridized carbons (Fsp3) is 0.533. The smallest absolute Gasteiger partial charge is 0.471 e. The number of halogens is 4. The van der Waals surface area contributed by atoms with Crippen LogP contribution in [-0.4, -0.2) is 23.5 Å². The number of nitrogens with one attached hydrogen (secondary N) is 1. The molecule has 0 spiro atoms. The summed E-state index contributed by atoms with van der Waals surface area (Å²) in [5.74, 6) is -1.36. The average Bonchev–Trinajstić information content (AvgIpc) is 2.40. The Balaban J connectivity index is 2.97. The highest BCUT2D eigenvalue weighted by atomic mass is 79.9. The van der Waals surface area contributed by atoms with Crippen molar-refractivity contribution in [2.45, 2.75) is 38.2 Å². The molecule has 22 heavy (non-hydrogen) atoms. The van der Waals surface area contributed by atoms with Gasteiger partial charge in [-0.25, -0.2) is 0 Å². The summed E-state index contributed by atoms with van der Waals surface area (Å²) in [5, 5.41) is 1.84. The van der Waals surface area contributed by atoms with E-state index in [1.54, 1.807) is 19.1 Å². The first kappa shape index (κ1) is 18.8. The van der Waals surface area contributed by atoms with E-state index >= 15 is 0 Å². The van der Waals surface area contributed by atoms with Crippen LogP contribution in [0.3, 0.4) is 0 Å². The number of rotatable bonds is 6.